The van der Waals surface area contributed by atoms with Crippen LogP contribution in [0.4, 0.5) is 0 Å². The molecule has 1 amide bonds. The molecule has 0 bridgehead atoms. The van der Waals surface area contributed by atoms with Crippen molar-refractivity contribution in [3.63, 3.8) is 0 Å². The quantitative estimate of drug-likeness (QED) is 0.211. The highest BCUT2D eigenvalue weighted by Crippen LogP contribution is 2.13. The van der Waals surface area contributed by atoms with Crippen molar-refractivity contribution in [2.45, 2.75) is 96.8 Å². The minimum absolute atomic E-state index is 0.0761. The Morgan fingerprint density at radius 1 is 0.800 bits per heavy atom. The molecule has 0 aromatic carbocycles. The first-order valence-corrected chi connectivity index (χ1v) is 11.2. The zero-order valence-corrected chi connectivity index (χ0v) is 16.7. The molecule has 0 heterocycles. The highest BCUT2D eigenvalue weighted by atomic mass is 32.2. The maximum absolute atomic E-state index is 11.5. The van der Waals surface area contributed by atoms with Crippen LogP contribution in [-0.2, 0) is 19.1 Å². The van der Waals surface area contributed by atoms with E-state index < -0.39 is 20.9 Å². The normalized spacial score (nSPS) is 11.6. The maximum atomic E-state index is 11.5. The van der Waals surface area contributed by atoms with Crippen LogP contribution >= 0.6 is 0 Å². The topological polar surface area (TPSA) is 86.5 Å². The van der Waals surface area contributed by atoms with Crippen LogP contribution in [0.25, 0.3) is 0 Å². The lowest BCUT2D eigenvalue weighted by Gasteiger charge is -2.05. The zero-order chi connectivity index (χ0) is 19.0. The fraction of sp³-hybridized carbons (Fsp3) is 0.842. The predicted octanol–water partition coefficient (Wildman–Crippen LogP) is 4.81. The molecule has 25 heavy (non-hydrogen) atoms. The van der Waals surface area contributed by atoms with Crippen molar-refractivity contribution in [1.29, 1.82) is 0 Å². The van der Waals surface area contributed by atoms with Gasteiger partial charge in [0, 0.05) is 0 Å². The molecule has 0 aliphatic rings. The number of carbonyl (C=O) groups excluding carboxylic acids is 1. The van der Waals surface area contributed by atoms with Crippen LogP contribution in [-0.4, -0.2) is 20.9 Å². The summed E-state index contributed by atoms with van der Waals surface area (Å²) in [7, 11) is -4.05. The molecule has 0 saturated heterocycles. The minimum Gasteiger partial charge on any atom is -0.365 e. The summed E-state index contributed by atoms with van der Waals surface area (Å²) >= 11 is 0. The van der Waals surface area contributed by atoms with Crippen molar-refractivity contribution in [2.24, 2.45) is 5.73 Å². The zero-order valence-electron chi connectivity index (χ0n) is 15.9. The van der Waals surface area contributed by atoms with Crippen molar-refractivity contribution in [3.05, 3.63) is 11.5 Å². The van der Waals surface area contributed by atoms with Crippen LogP contribution in [0.5, 0.6) is 0 Å². The minimum atomic E-state index is -4.05. The van der Waals surface area contributed by atoms with E-state index in [4.69, 9.17) is 9.92 Å². The first-order valence-electron chi connectivity index (χ1n) is 9.80. The smallest absolute Gasteiger partial charge is 0.301 e. The Hall–Kier alpha value is -0.880. The van der Waals surface area contributed by atoms with Crippen LogP contribution in [0.2, 0.25) is 0 Å². The van der Waals surface area contributed by atoms with Crippen molar-refractivity contribution in [2.75, 3.05) is 6.61 Å². The molecule has 6 heteroatoms. The van der Waals surface area contributed by atoms with E-state index in [0.29, 0.717) is 6.42 Å². The van der Waals surface area contributed by atoms with E-state index in [0.717, 1.165) is 12.8 Å². The van der Waals surface area contributed by atoms with Gasteiger partial charge in [0.1, 0.15) is 0 Å². The molecule has 0 aromatic rings. The Balaban J connectivity index is 3.34. The number of nitrogens with two attached hydrogens (primary N) is 1. The van der Waals surface area contributed by atoms with Gasteiger partial charge in [-0.05, 0) is 6.42 Å². The second kappa shape index (κ2) is 15.4. The molecule has 0 aromatic heterocycles. The van der Waals surface area contributed by atoms with Gasteiger partial charge in [-0.1, -0.05) is 97.0 Å². The molecule has 2 N–H and O–H groups in total. The van der Waals surface area contributed by atoms with Crippen molar-refractivity contribution in [3.8, 4) is 0 Å². The summed E-state index contributed by atoms with van der Waals surface area (Å²) in [5.74, 6) is -1.07. The van der Waals surface area contributed by atoms with Gasteiger partial charge in [-0.25, -0.2) is 0 Å². The Morgan fingerprint density at radius 2 is 1.16 bits per heavy atom. The van der Waals surface area contributed by atoms with Gasteiger partial charge < -0.3 is 5.73 Å². The number of hydrogen-bond acceptors (Lipinski definition) is 4. The van der Waals surface area contributed by atoms with Crippen LogP contribution in [0.3, 0.4) is 0 Å². The van der Waals surface area contributed by atoms with E-state index in [1.54, 1.807) is 0 Å². The third-order valence-electron chi connectivity index (χ3n) is 4.31. The van der Waals surface area contributed by atoms with Crippen molar-refractivity contribution < 1.29 is 17.4 Å². The summed E-state index contributed by atoms with van der Waals surface area (Å²) < 4.78 is 27.7. The number of amides is 1. The SMILES string of the molecule is C=C(C(N)=O)S(=O)(=O)OCCCCCCCCCCCCCCCC. The number of unbranched alkanes of at least 4 members (excludes halogenated alkanes) is 13. The van der Waals surface area contributed by atoms with E-state index in [1.807, 2.05) is 0 Å². The van der Waals surface area contributed by atoms with Gasteiger partial charge in [-0.2, -0.15) is 8.42 Å². The molecule has 5 nitrogen and oxygen atoms in total. The van der Waals surface area contributed by atoms with Gasteiger partial charge in [0.2, 0.25) is 0 Å². The molecule has 0 atom stereocenters. The maximum Gasteiger partial charge on any atom is 0.301 e. The van der Waals surface area contributed by atoms with Crippen molar-refractivity contribution >= 4 is 16.0 Å². The predicted molar refractivity (Wildman–Crippen MR) is 104 cm³/mol. The Kier molecular flexibility index (Phi) is 14.8. The lowest BCUT2D eigenvalue weighted by atomic mass is 10.0. The van der Waals surface area contributed by atoms with Crippen LogP contribution in [0.15, 0.2) is 11.5 Å². The van der Waals surface area contributed by atoms with Crippen molar-refractivity contribution in [1.82, 2.24) is 0 Å². The van der Waals surface area contributed by atoms with Gasteiger partial charge in [0.05, 0.1) is 6.61 Å². The molecule has 0 unspecified atom stereocenters. The average Bonchev–Trinajstić information content (AvgIpc) is 2.57. The standard InChI is InChI=1S/C19H37NO4S/c1-3-4-5-6-7-8-9-10-11-12-13-14-15-16-17-24-25(22,23)18(2)19(20)21/h2-17H2,1H3,(H2,20,21). The molecule has 0 spiro atoms. The fourth-order valence-corrected chi connectivity index (χ4v) is 3.39. The number of hydrogen-bond donors (Lipinski definition) is 1. The molecule has 0 rings (SSSR count). The molecular formula is C19H37NO4S. The summed E-state index contributed by atoms with van der Waals surface area (Å²) in [6.07, 6.45) is 17.3. The lowest BCUT2D eigenvalue weighted by Crippen LogP contribution is -2.22. The highest BCUT2D eigenvalue weighted by Gasteiger charge is 2.20. The summed E-state index contributed by atoms with van der Waals surface area (Å²) in [4.78, 5) is 10.1. The lowest BCUT2D eigenvalue weighted by molar-refractivity contribution is -0.114. The van der Waals surface area contributed by atoms with Crippen LogP contribution in [0, 0.1) is 0 Å². The van der Waals surface area contributed by atoms with Crippen LogP contribution in [0.1, 0.15) is 96.8 Å². The van der Waals surface area contributed by atoms with E-state index in [9.17, 15) is 13.2 Å². The Labute approximate surface area is 154 Å². The van der Waals surface area contributed by atoms with Crippen LogP contribution < -0.4 is 5.73 Å². The number of rotatable bonds is 18. The van der Waals surface area contributed by atoms with Gasteiger partial charge in [0.15, 0.2) is 4.91 Å². The molecule has 0 aliphatic heterocycles. The van der Waals surface area contributed by atoms with Gasteiger partial charge in [-0.3, -0.25) is 8.98 Å². The summed E-state index contributed by atoms with van der Waals surface area (Å²) in [6.45, 7) is 5.45. The average molecular weight is 376 g/mol. The molecular weight excluding hydrogens is 338 g/mol. The molecule has 0 radical (unpaired) electrons. The summed E-state index contributed by atoms with van der Waals surface area (Å²) in [6, 6.07) is 0. The van der Waals surface area contributed by atoms with Gasteiger partial charge >= 0.3 is 10.1 Å². The van der Waals surface area contributed by atoms with Gasteiger partial charge in [0.25, 0.3) is 5.91 Å². The molecule has 0 aliphatic carbocycles. The first-order chi connectivity index (χ1) is 11.9. The first kappa shape index (κ1) is 24.1. The van der Waals surface area contributed by atoms with Gasteiger partial charge in [-0.15, -0.1) is 0 Å². The largest absolute Gasteiger partial charge is 0.365 e. The number of primary amides is 1. The highest BCUT2D eigenvalue weighted by molar-refractivity contribution is 7.91. The third kappa shape index (κ3) is 14.0. The molecule has 0 fully saturated rings. The summed E-state index contributed by atoms with van der Waals surface area (Å²) in [5, 5.41) is 0. The van der Waals surface area contributed by atoms with E-state index >= 15 is 0 Å². The molecule has 148 valence electrons. The second-order valence-corrected chi connectivity index (χ2v) is 8.30. The third-order valence-corrected chi connectivity index (χ3v) is 5.59. The van der Waals surface area contributed by atoms with E-state index in [1.165, 1.54) is 70.6 Å². The number of carbonyl (C=O) groups is 1. The molecule has 0 saturated carbocycles. The Bertz CT molecular complexity index is 460. The second-order valence-electron chi connectivity index (χ2n) is 6.66. The fourth-order valence-electron chi connectivity index (χ4n) is 2.66. The summed E-state index contributed by atoms with van der Waals surface area (Å²) in [5.41, 5.74) is 4.88. The van der Waals surface area contributed by atoms with E-state index in [-0.39, 0.29) is 6.61 Å². The van der Waals surface area contributed by atoms with E-state index in [2.05, 4.69) is 13.5 Å². The Morgan fingerprint density at radius 3 is 1.52 bits per heavy atom. The monoisotopic (exact) mass is 375 g/mol.